The number of amidine groups is 1. The Morgan fingerprint density at radius 1 is 0.717 bits per heavy atom. The van der Waals surface area contributed by atoms with Crippen molar-refractivity contribution in [2.45, 2.75) is 18.7 Å². The highest BCUT2D eigenvalue weighted by atomic mass is 32.2. The number of nitrogens with zero attached hydrogens (tertiary/aromatic N) is 4. The molecule has 10 nitrogen and oxygen atoms in total. The van der Waals surface area contributed by atoms with E-state index < -0.39 is 15.6 Å². The third-order valence-corrected chi connectivity index (χ3v) is 9.46. The number of hydrogen-bond acceptors (Lipinski definition) is 8. The number of carbonyl (C=O) groups excluding carboxylic acids is 1. The first-order valence-corrected chi connectivity index (χ1v) is 15.9. The number of carbonyl (C=O) groups is 1. The number of aryl methyl sites for hydroxylation is 2. The average molecular weight is 625 g/mol. The molecule has 1 aliphatic heterocycles. The van der Waals surface area contributed by atoms with E-state index in [0.29, 0.717) is 61.9 Å². The molecule has 2 aliphatic rings. The zero-order chi connectivity index (χ0) is 31.7. The summed E-state index contributed by atoms with van der Waals surface area (Å²) in [7, 11) is -4.18. The van der Waals surface area contributed by atoms with E-state index in [1.165, 1.54) is 10.6 Å². The summed E-state index contributed by atoms with van der Waals surface area (Å²) in [5.41, 5.74) is 3.71. The van der Waals surface area contributed by atoms with Crippen molar-refractivity contribution in [3.05, 3.63) is 135 Å². The smallest absolute Gasteiger partial charge is 0.286 e. The van der Waals surface area contributed by atoms with E-state index >= 15 is 0 Å². The standard InChI is InChI=1S/C35H24N6O4S/c1-19-9-7-15-27(36-19)38-24-17-18-25-31-29(21-11-3-4-12-22(21)33(42)30(24)31)32(35(43)41(25)28-16-8-10-20(2)37-28)34-39-23-13-5-6-14-26(23)46(44,45)40-34/h3-18H,1-2H3,(H,36,38)(H,39,40). The fraction of sp³-hybridized carbons (Fsp3) is 0.0571. The quantitative estimate of drug-likeness (QED) is 0.247. The number of hydrogen-bond donors (Lipinski definition) is 2. The van der Waals surface area contributed by atoms with Gasteiger partial charge in [-0.1, -0.05) is 48.5 Å². The second-order valence-corrected chi connectivity index (χ2v) is 12.7. The number of rotatable bonds is 4. The van der Waals surface area contributed by atoms with Crippen molar-refractivity contribution in [2.24, 2.45) is 4.40 Å². The summed E-state index contributed by atoms with van der Waals surface area (Å²) in [5.74, 6) is 0.457. The van der Waals surface area contributed by atoms with Crippen LogP contribution in [0.1, 0.15) is 32.9 Å². The molecule has 11 heteroatoms. The van der Waals surface area contributed by atoms with Crippen molar-refractivity contribution in [1.82, 2.24) is 14.5 Å². The van der Waals surface area contributed by atoms with Gasteiger partial charge in [-0.05, 0) is 67.9 Å². The van der Waals surface area contributed by atoms with E-state index in [9.17, 15) is 18.0 Å². The van der Waals surface area contributed by atoms with Crippen molar-refractivity contribution in [1.29, 1.82) is 0 Å². The summed E-state index contributed by atoms with van der Waals surface area (Å²) in [4.78, 5) is 38.5. The van der Waals surface area contributed by atoms with Crippen LogP contribution in [0.15, 0.2) is 111 Å². The lowest BCUT2D eigenvalue weighted by Crippen LogP contribution is -2.34. The highest BCUT2D eigenvalue weighted by Gasteiger charge is 2.36. The molecule has 3 aromatic carbocycles. The van der Waals surface area contributed by atoms with Crippen LogP contribution >= 0.6 is 0 Å². The van der Waals surface area contributed by atoms with Crippen molar-refractivity contribution in [3.63, 3.8) is 0 Å². The lowest BCUT2D eigenvalue weighted by atomic mass is 9.81. The Labute approximate surface area is 263 Å². The lowest BCUT2D eigenvalue weighted by molar-refractivity contribution is 0.104. The number of ketones is 1. The molecular formula is C35H24N6O4S. The molecule has 0 amide bonds. The first kappa shape index (κ1) is 27.6. The number of nitrogens with one attached hydrogen (secondary N) is 2. The minimum atomic E-state index is -4.18. The molecule has 0 bridgehead atoms. The molecule has 8 rings (SSSR count). The Morgan fingerprint density at radius 2 is 1.43 bits per heavy atom. The van der Waals surface area contributed by atoms with Crippen LogP contribution < -0.4 is 16.2 Å². The van der Waals surface area contributed by atoms with Gasteiger partial charge in [0, 0.05) is 27.9 Å². The van der Waals surface area contributed by atoms with Gasteiger partial charge < -0.3 is 10.6 Å². The van der Waals surface area contributed by atoms with E-state index in [4.69, 9.17) is 0 Å². The van der Waals surface area contributed by atoms with Gasteiger partial charge in [-0.25, -0.2) is 9.97 Å². The third-order valence-electron chi connectivity index (χ3n) is 8.13. The summed E-state index contributed by atoms with van der Waals surface area (Å²) >= 11 is 0. The molecule has 224 valence electrons. The number of aromatic nitrogens is 3. The number of pyridine rings is 3. The topological polar surface area (TPSA) is 135 Å². The van der Waals surface area contributed by atoms with Gasteiger partial charge in [-0.2, -0.15) is 8.42 Å². The molecule has 0 spiro atoms. The second kappa shape index (κ2) is 10.0. The lowest BCUT2D eigenvalue weighted by Gasteiger charge is -2.27. The van der Waals surface area contributed by atoms with Crippen LogP contribution in [0.5, 0.6) is 0 Å². The van der Waals surface area contributed by atoms with E-state index in [-0.39, 0.29) is 22.1 Å². The Bertz CT molecular complexity index is 2520. The summed E-state index contributed by atoms with van der Waals surface area (Å²) in [6.45, 7) is 3.69. The number of benzene rings is 3. The van der Waals surface area contributed by atoms with Gasteiger partial charge in [0.2, 0.25) is 0 Å². The summed E-state index contributed by atoms with van der Waals surface area (Å²) in [5, 5.41) is 6.88. The number of sulfonamides is 1. The van der Waals surface area contributed by atoms with E-state index in [0.717, 1.165) is 5.69 Å². The van der Waals surface area contributed by atoms with Crippen LogP contribution in [0.3, 0.4) is 0 Å². The summed E-state index contributed by atoms with van der Waals surface area (Å²) in [6, 6.07) is 27.7. The molecule has 2 N–H and O–H groups in total. The third kappa shape index (κ3) is 4.16. The zero-order valence-electron chi connectivity index (χ0n) is 24.6. The van der Waals surface area contributed by atoms with Crippen LogP contribution in [0, 0.1) is 13.8 Å². The number of anilines is 3. The molecule has 0 unspecified atom stereocenters. The molecule has 6 aromatic rings. The number of para-hydroxylation sites is 1. The van der Waals surface area contributed by atoms with Gasteiger partial charge in [0.25, 0.3) is 15.6 Å². The van der Waals surface area contributed by atoms with Crippen LogP contribution in [0.25, 0.3) is 27.8 Å². The monoisotopic (exact) mass is 624 g/mol. The Kier molecular flexibility index (Phi) is 6.03. The van der Waals surface area contributed by atoms with Crippen LogP contribution in [-0.4, -0.2) is 34.6 Å². The molecular weight excluding hydrogens is 600 g/mol. The molecule has 0 saturated carbocycles. The Balaban J connectivity index is 1.54. The van der Waals surface area contributed by atoms with Crippen LogP contribution in [-0.2, 0) is 10.0 Å². The minimum Gasteiger partial charge on any atom is -0.340 e. The molecule has 0 atom stereocenters. The van der Waals surface area contributed by atoms with Crippen molar-refractivity contribution in [2.75, 3.05) is 10.6 Å². The Hall–Kier alpha value is -5.94. The molecule has 0 saturated heterocycles. The van der Waals surface area contributed by atoms with Gasteiger partial charge in [0.1, 0.15) is 16.5 Å². The number of fused-ring (bicyclic) bond motifs is 3. The predicted molar refractivity (Wildman–Crippen MR) is 177 cm³/mol. The molecule has 0 radical (unpaired) electrons. The van der Waals surface area contributed by atoms with E-state index in [1.807, 2.05) is 32.0 Å². The fourth-order valence-corrected chi connectivity index (χ4v) is 7.32. The maximum absolute atomic E-state index is 14.8. The molecule has 46 heavy (non-hydrogen) atoms. The highest BCUT2D eigenvalue weighted by Crippen LogP contribution is 2.45. The average Bonchev–Trinajstić information content (AvgIpc) is 3.03. The SMILES string of the molecule is Cc1cccc(Nc2ccc3c4c2C(=O)c2ccccc2-c4c(C2=NS(=O)(=O)c4ccccc4N2)c(=O)n3-c2cccc(C)n2)n1. The highest BCUT2D eigenvalue weighted by molar-refractivity contribution is 7.90. The van der Waals surface area contributed by atoms with Gasteiger partial charge in [-0.15, -0.1) is 4.40 Å². The van der Waals surface area contributed by atoms with Gasteiger partial charge in [0.05, 0.1) is 28.0 Å². The molecule has 1 aliphatic carbocycles. The first-order chi connectivity index (χ1) is 22.2. The predicted octanol–water partition coefficient (Wildman–Crippen LogP) is 5.91. The van der Waals surface area contributed by atoms with Crippen molar-refractivity contribution < 1.29 is 13.2 Å². The van der Waals surface area contributed by atoms with E-state index in [1.54, 1.807) is 72.8 Å². The maximum atomic E-state index is 14.8. The first-order valence-electron chi connectivity index (χ1n) is 14.5. The van der Waals surface area contributed by atoms with E-state index in [2.05, 4.69) is 25.0 Å². The minimum absolute atomic E-state index is 0.000847. The largest absolute Gasteiger partial charge is 0.340 e. The molecule has 3 aromatic heterocycles. The summed E-state index contributed by atoms with van der Waals surface area (Å²) < 4.78 is 32.5. The Morgan fingerprint density at radius 3 is 2.22 bits per heavy atom. The van der Waals surface area contributed by atoms with Crippen molar-refractivity contribution >= 4 is 49.7 Å². The second-order valence-electron chi connectivity index (χ2n) is 11.1. The van der Waals surface area contributed by atoms with Crippen LogP contribution in [0.2, 0.25) is 0 Å². The normalized spacial score (nSPS) is 14.2. The van der Waals surface area contributed by atoms with Gasteiger partial charge in [-0.3, -0.25) is 14.2 Å². The van der Waals surface area contributed by atoms with Crippen molar-refractivity contribution in [3.8, 4) is 16.9 Å². The maximum Gasteiger partial charge on any atom is 0.286 e. The molecule has 4 heterocycles. The molecule has 0 fully saturated rings. The van der Waals surface area contributed by atoms with Gasteiger partial charge in [0.15, 0.2) is 11.6 Å². The summed E-state index contributed by atoms with van der Waals surface area (Å²) in [6.07, 6.45) is 0. The van der Waals surface area contributed by atoms with Crippen LogP contribution in [0.4, 0.5) is 17.2 Å². The fourth-order valence-electron chi connectivity index (χ4n) is 6.20. The van der Waals surface area contributed by atoms with Gasteiger partial charge >= 0.3 is 0 Å². The zero-order valence-corrected chi connectivity index (χ0v) is 25.4.